The number of aromatic amines is 1. The first-order chi connectivity index (χ1) is 17.1. The minimum atomic E-state index is -0.241. The van der Waals surface area contributed by atoms with Crippen molar-refractivity contribution in [2.45, 2.75) is 31.4 Å². The number of aromatic nitrogens is 1. The number of nitrogens with one attached hydrogen (secondary N) is 1. The van der Waals surface area contributed by atoms with Gasteiger partial charge in [-0.25, -0.2) is 4.39 Å². The van der Waals surface area contributed by atoms with Gasteiger partial charge >= 0.3 is 0 Å². The largest absolute Gasteiger partial charge is 0.388 e. The number of nitrogens with zero attached hydrogens (tertiary/aromatic N) is 2. The van der Waals surface area contributed by atoms with Crippen molar-refractivity contribution < 1.29 is 14.0 Å². The van der Waals surface area contributed by atoms with E-state index in [0.29, 0.717) is 5.56 Å². The Bertz CT molecular complexity index is 1400. The summed E-state index contributed by atoms with van der Waals surface area (Å²) in [7, 11) is 0. The average Bonchev–Trinajstić information content (AvgIpc) is 3.51. The number of oxime groups is 1. The SMILES string of the molecule is O=Cc1ccc(C2=NOC3(CCN(Cc4c[nH]c5cccc(-c6ccc(F)cc6)c45)CC3)C2)cc1. The Morgan fingerprint density at radius 1 is 1.00 bits per heavy atom. The van der Waals surface area contributed by atoms with Crippen molar-refractivity contribution >= 4 is 22.9 Å². The number of carbonyl (C=O) groups is 1. The average molecular weight is 468 g/mol. The molecule has 2 aliphatic heterocycles. The number of aldehydes is 1. The van der Waals surface area contributed by atoms with Crippen molar-refractivity contribution in [1.29, 1.82) is 0 Å². The summed E-state index contributed by atoms with van der Waals surface area (Å²) in [6, 6.07) is 20.5. The van der Waals surface area contributed by atoms with Gasteiger partial charge < -0.3 is 9.82 Å². The maximum Gasteiger partial charge on any atom is 0.150 e. The highest BCUT2D eigenvalue weighted by atomic mass is 19.1. The number of rotatable bonds is 5. The molecule has 2 aliphatic rings. The quantitative estimate of drug-likeness (QED) is 0.369. The van der Waals surface area contributed by atoms with E-state index in [1.165, 1.54) is 23.1 Å². The van der Waals surface area contributed by atoms with Gasteiger partial charge in [0.1, 0.15) is 17.7 Å². The van der Waals surface area contributed by atoms with Crippen LogP contribution in [0.4, 0.5) is 4.39 Å². The van der Waals surface area contributed by atoms with Gasteiger partial charge in [0.2, 0.25) is 0 Å². The third-order valence-electron chi connectivity index (χ3n) is 7.32. The number of fused-ring (bicyclic) bond motifs is 1. The monoisotopic (exact) mass is 467 g/mol. The number of likely N-dealkylation sites (tertiary alicyclic amines) is 1. The molecule has 0 saturated carbocycles. The van der Waals surface area contributed by atoms with Gasteiger partial charge in [-0.2, -0.15) is 0 Å². The maximum atomic E-state index is 13.5. The van der Waals surface area contributed by atoms with E-state index in [1.807, 2.05) is 42.5 Å². The van der Waals surface area contributed by atoms with Gasteiger partial charge in [0, 0.05) is 61.6 Å². The number of hydrogen-bond donors (Lipinski definition) is 1. The fourth-order valence-electron chi connectivity index (χ4n) is 5.31. The van der Waals surface area contributed by atoms with Gasteiger partial charge in [-0.3, -0.25) is 9.69 Å². The van der Waals surface area contributed by atoms with Crippen LogP contribution in [0, 0.1) is 5.82 Å². The third-order valence-corrected chi connectivity index (χ3v) is 7.32. The minimum absolute atomic E-state index is 0.225. The van der Waals surface area contributed by atoms with E-state index in [9.17, 15) is 9.18 Å². The van der Waals surface area contributed by atoms with Gasteiger partial charge in [-0.05, 0) is 40.5 Å². The summed E-state index contributed by atoms with van der Waals surface area (Å²) in [5.41, 5.74) is 6.86. The molecule has 1 spiro atoms. The number of H-pyrrole nitrogens is 1. The molecule has 4 aromatic rings. The molecule has 5 nitrogen and oxygen atoms in total. The molecule has 0 unspecified atom stereocenters. The minimum Gasteiger partial charge on any atom is -0.388 e. The third kappa shape index (κ3) is 4.15. The summed E-state index contributed by atoms with van der Waals surface area (Å²) in [4.78, 5) is 22.8. The van der Waals surface area contributed by atoms with Gasteiger partial charge in [-0.15, -0.1) is 0 Å². The number of halogens is 1. The van der Waals surface area contributed by atoms with Gasteiger partial charge in [0.25, 0.3) is 0 Å². The van der Waals surface area contributed by atoms with E-state index in [0.717, 1.165) is 73.1 Å². The van der Waals surface area contributed by atoms with Crippen molar-refractivity contribution in [3.63, 3.8) is 0 Å². The van der Waals surface area contributed by atoms with Crippen molar-refractivity contribution in [1.82, 2.24) is 9.88 Å². The topological polar surface area (TPSA) is 57.7 Å². The second-order valence-electron chi connectivity index (χ2n) is 9.55. The van der Waals surface area contributed by atoms with Crippen LogP contribution in [0.1, 0.15) is 40.7 Å². The maximum absolute atomic E-state index is 13.5. The van der Waals surface area contributed by atoms with E-state index in [1.54, 1.807) is 0 Å². The Morgan fingerprint density at radius 2 is 1.74 bits per heavy atom. The molecule has 1 aromatic heterocycles. The molecule has 35 heavy (non-hydrogen) atoms. The number of hydrogen-bond acceptors (Lipinski definition) is 4. The molecule has 0 radical (unpaired) electrons. The lowest BCUT2D eigenvalue weighted by Crippen LogP contribution is -2.44. The zero-order chi connectivity index (χ0) is 23.8. The summed E-state index contributed by atoms with van der Waals surface area (Å²) in [6.45, 7) is 2.70. The highest BCUT2D eigenvalue weighted by Gasteiger charge is 2.42. The predicted molar refractivity (Wildman–Crippen MR) is 135 cm³/mol. The van der Waals surface area contributed by atoms with Gasteiger partial charge in [0.15, 0.2) is 0 Å². The van der Waals surface area contributed by atoms with E-state index >= 15 is 0 Å². The Labute approximate surface area is 203 Å². The summed E-state index contributed by atoms with van der Waals surface area (Å²) in [6.07, 6.45) is 5.57. The van der Waals surface area contributed by atoms with Crippen molar-refractivity contribution in [2.24, 2.45) is 5.16 Å². The Morgan fingerprint density at radius 3 is 2.49 bits per heavy atom. The zero-order valence-electron chi connectivity index (χ0n) is 19.3. The summed E-state index contributed by atoms with van der Waals surface area (Å²) < 4.78 is 13.5. The summed E-state index contributed by atoms with van der Waals surface area (Å²) >= 11 is 0. The molecule has 0 atom stereocenters. The Hall–Kier alpha value is -3.77. The number of carbonyl (C=O) groups excluding carboxylic acids is 1. The normalized spacial score (nSPS) is 17.5. The lowest BCUT2D eigenvalue weighted by atomic mass is 9.85. The molecular weight excluding hydrogens is 441 g/mol. The number of benzene rings is 3. The van der Waals surface area contributed by atoms with E-state index < -0.39 is 0 Å². The second-order valence-corrected chi connectivity index (χ2v) is 9.55. The Kier molecular flexibility index (Phi) is 5.46. The summed E-state index contributed by atoms with van der Waals surface area (Å²) in [5.74, 6) is -0.225. The van der Waals surface area contributed by atoms with Crippen LogP contribution in [0.15, 0.2) is 78.1 Å². The smallest absolute Gasteiger partial charge is 0.150 e. The molecule has 1 N–H and O–H groups in total. The van der Waals surface area contributed by atoms with Crippen molar-refractivity contribution in [2.75, 3.05) is 13.1 Å². The van der Waals surface area contributed by atoms with Crippen LogP contribution in [0.25, 0.3) is 22.0 Å². The lowest BCUT2D eigenvalue weighted by Gasteiger charge is -2.37. The van der Waals surface area contributed by atoms with Crippen LogP contribution in [0.3, 0.4) is 0 Å². The predicted octanol–water partition coefficient (Wildman–Crippen LogP) is 5.95. The zero-order valence-corrected chi connectivity index (χ0v) is 19.3. The first-order valence-corrected chi connectivity index (χ1v) is 12.0. The van der Waals surface area contributed by atoms with E-state index in [2.05, 4.69) is 33.4 Å². The number of piperidine rings is 1. The van der Waals surface area contributed by atoms with Gasteiger partial charge in [-0.1, -0.05) is 53.7 Å². The molecule has 6 heteroatoms. The first-order valence-electron chi connectivity index (χ1n) is 12.0. The molecule has 6 rings (SSSR count). The molecule has 0 aliphatic carbocycles. The Balaban J connectivity index is 1.15. The lowest BCUT2D eigenvalue weighted by molar-refractivity contribution is -0.0626. The molecule has 176 valence electrons. The fourth-order valence-corrected chi connectivity index (χ4v) is 5.31. The van der Waals surface area contributed by atoms with Crippen LogP contribution in [0.5, 0.6) is 0 Å². The molecule has 3 aromatic carbocycles. The molecule has 0 amide bonds. The van der Waals surface area contributed by atoms with E-state index in [-0.39, 0.29) is 11.4 Å². The van der Waals surface area contributed by atoms with Crippen LogP contribution in [-0.2, 0) is 11.4 Å². The molecule has 1 saturated heterocycles. The van der Waals surface area contributed by atoms with Crippen LogP contribution < -0.4 is 0 Å². The summed E-state index contributed by atoms with van der Waals surface area (Å²) in [5, 5.41) is 5.60. The second kappa shape index (κ2) is 8.78. The molecule has 3 heterocycles. The van der Waals surface area contributed by atoms with Crippen molar-refractivity contribution in [3.8, 4) is 11.1 Å². The van der Waals surface area contributed by atoms with Crippen LogP contribution in [0.2, 0.25) is 0 Å². The highest BCUT2D eigenvalue weighted by molar-refractivity contribution is 6.02. The van der Waals surface area contributed by atoms with E-state index in [4.69, 9.17) is 4.84 Å². The van der Waals surface area contributed by atoms with Crippen LogP contribution >= 0.6 is 0 Å². The standard InChI is InChI=1S/C29H26FN3O2/c30-24-10-8-21(9-11-24)25-2-1-3-26-28(25)23(17-31-26)18-33-14-12-29(13-15-33)16-27(32-35-29)22-6-4-20(19-34)5-7-22/h1-11,17,19,31H,12-16,18H2. The molecule has 1 fully saturated rings. The molecular formula is C29H26FN3O2. The van der Waals surface area contributed by atoms with Crippen molar-refractivity contribution in [3.05, 3.63) is 95.4 Å². The fraction of sp³-hybridized carbons (Fsp3) is 0.241. The first kappa shape index (κ1) is 21.7. The molecule has 0 bridgehead atoms. The highest BCUT2D eigenvalue weighted by Crippen LogP contribution is 2.37. The van der Waals surface area contributed by atoms with Gasteiger partial charge in [0.05, 0.1) is 5.71 Å². The van der Waals surface area contributed by atoms with Crippen LogP contribution in [-0.4, -0.2) is 40.6 Å².